The van der Waals surface area contributed by atoms with Crippen molar-refractivity contribution in [1.29, 1.82) is 0 Å². The van der Waals surface area contributed by atoms with E-state index in [9.17, 15) is 19.2 Å². The van der Waals surface area contributed by atoms with Gasteiger partial charge in [0.1, 0.15) is 0 Å². The van der Waals surface area contributed by atoms with Gasteiger partial charge in [-0.05, 0) is 68.3 Å². The van der Waals surface area contributed by atoms with Crippen LogP contribution in [-0.2, 0) is 9.59 Å². The Balaban J connectivity index is 1.30. The van der Waals surface area contributed by atoms with Crippen LogP contribution in [0.2, 0.25) is 0 Å². The largest absolute Gasteiger partial charge is 0.322 e. The minimum Gasteiger partial charge on any atom is -0.322 e. The SMILES string of the molecule is CC1=CC[C@@H]2C(=O)N(c3cccc(C(=O)Nc4cccc(NC(=O)c5ccccc5)c4)c3)C(=O)[C@H]2C1. The standard InChI is InChI=1S/C29H25N3O4/c1-18-13-14-24-25(15-18)29(36)32(28(24)35)23-12-5-9-20(16-23)27(34)31-22-11-6-10-21(17-22)30-26(33)19-7-3-2-4-8-19/h2-13,16-17,24-25H,14-15H2,1H3,(H,30,33)(H,31,34)/t24-,25-/m0/s1. The van der Waals surface area contributed by atoms with Crippen molar-refractivity contribution in [2.24, 2.45) is 11.8 Å². The average Bonchev–Trinajstić information content (AvgIpc) is 3.13. The van der Waals surface area contributed by atoms with Gasteiger partial charge in [-0.2, -0.15) is 0 Å². The monoisotopic (exact) mass is 479 g/mol. The fraction of sp³-hybridized carbons (Fsp3) is 0.172. The third-order valence-corrected chi connectivity index (χ3v) is 6.60. The van der Waals surface area contributed by atoms with Gasteiger partial charge >= 0.3 is 0 Å². The molecule has 0 unspecified atom stereocenters. The van der Waals surface area contributed by atoms with Crippen LogP contribution in [-0.4, -0.2) is 23.6 Å². The maximum Gasteiger partial charge on any atom is 0.255 e. The summed E-state index contributed by atoms with van der Waals surface area (Å²) in [5.41, 5.74) is 3.40. The van der Waals surface area contributed by atoms with E-state index >= 15 is 0 Å². The highest BCUT2D eigenvalue weighted by molar-refractivity contribution is 6.22. The van der Waals surface area contributed by atoms with E-state index in [0.717, 1.165) is 5.57 Å². The van der Waals surface area contributed by atoms with Gasteiger partial charge < -0.3 is 10.6 Å². The molecule has 0 radical (unpaired) electrons. The number of anilines is 3. The fourth-order valence-electron chi connectivity index (χ4n) is 4.75. The molecule has 1 aliphatic heterocycles. The second-order valence-electron chi connectivity index (χ2n) is 9.12. The normalized spacial score (nSPS) is 18.9. The summed E-state index contributed by atoms with van der Waals surface area (Å²) in [5, 5.41) is 5.64. The number of amides is 4. The van der Waals surface area contributed by atoms with Gasteiger partial charge in [-0.15, -0.1) is 0 Å². The van der Waals surface area contributed by atoms with Crippen LogP contribution in [0.4, 0.5) is 17.1 Å². The van der Waals surface area contributed by atoms with Gasteiger partial charge in [0, 0.05) is 22.5 Å². The van der Waals surface area contributed by atoms with Crippen LogP contribution in [0.5, 0.6) is 0 Å². The Bertz CT molecular complexity index is 1400. The molecule has 1 fully saturated rings. The number of carbonyl (C=O) groups excluding carboxylic acids is 4. The van der Waals surface area contributed by atoms with Crippen molar-refractivity contribution in [3.63, 3.8) is 0 Å². The highest BCUT2D eigenvalue weighted by Gasteiger charge is 2.48. The summed E-state index contributed by atoms with van der Waals surface area (Å²) < 4.78 is 0. The zero-order valence-corrected chi connectivity index (χ0v) is 19.7. The van der Waals surface area contributed by atoms with Crippen molar-refractivity contribution < 1.29 is 19.2 Å². The molecule has 180 valence electrons. The van der Waals surface area contributed by atoms with E-state index in [4.69, 9.17) is 0 Å². The van der Waals surface area contributed by atoms with Gasteiger partial charge in [0.05, 0.1) is 17.5 Å². The number of allylic oxidation sites excluding steroid dienone is 2. The molecule has 1 heterocycles. The van der Waals surface area contributed by atoms with Crippen LogP contribution >= 0.6 is 0 Å². The Labute approximate surface area is 208 Å². The van der Waals surface area contributed by atoms with Crippen LogP contribution in [0.15, 0.2) is 90.5 Å². The van der Waals surface area contributed by atoms with Crippen molar-refractivity contribution in [2.45, 2.75) is 19.8 Å². The van der Waals surface area contributed by atoms with Crippen molar-refractivity contribution in [1.82, 2.24) is 0 Å². The number of nitrogens with zero attached hydrogens (tertiary/aromatic N) is 1. The molecular weight excluding hydrogens is 454 g/mol. The molecule has 2 N–H and O–H groups in total. The lowest BCUT2D eigenvalue weighted by Crippen LogP contribution is -2.31. The van der Waals surface area contributed by atoms with Gasteiger partial charge in [-0.3, -0.25) is 24.1 Å². The van der Waals surface area contributed by atoms with E-state index in [0.29, 0.717) is 41.0 Å². The third kappa shape index (κ3) is 4.55. The number of hydrogen-bond donors (Lipinski definition) is 2. The molecule has 2 atom stereocenters. The molecule has 4 amide bonds. The molecule has 7 heteroatoms. The van der Waals surface area contributed by atoms with Crippen molar-refractivity contribution in [2.75, 3.05) is 15.5 Å². The molecule has 1 aliphatic carbocycles. The molecular formula is C29H25N3O4. The lowest BCUT2D eigenvalue weighted by Gasteiger charge is -2.18. The zero-order chi connectivity index (χ0) is 25.2. The lowest BCUT2D eigenvalue weighted by atomic mass is 9.82. The topological polar surface area (TPSA) is 95.6 Å². The lowest BCUT2D eigenvalue weighted by molar-refractivity contribution is -0.122. The van der Waals surface area contributed by atoms with Gasteiger partial charge in [0.15, 0.2) is 0 Å². The Kier molecular flexibility index (Phi) is 6.21. The molecule has 7 nitrogen and oxygen atoms in total. The van der Waals surface area contributed by atoms with Gasteiger partial charge in [0.25, 0.3) is 11.8 Å². The molecule has 3 aromatic rings. The number of imide groups is 1. The van der Waals surface area contributed by atoms with Crippen LogP contribution in [0.25, 0.3) is 0 Å². The molecule has 3 aromatic carbocycles. The third-order valence-electron chi connectivity index (χ3n) is 6.60. The molecule has 0 spiro atoms. The van der Waals surface area contributed by atoms with Crippen LogP contribution < -0.4 is 15.5 Å². The first-order valence-electron chi connectivity index (χ1n) is 11.8. The molecule has 1 saturated heterocycles. The van der Waals surface area contributed by atoms with E-state index in [1.165, 1.54) is 4.90 Å². The molecule has 36 heavy (non-hydrogen) atoms. The number of hydrogen-bond acceptors (Lipinski definition) is 4. The zero-order valence-electron chi connectivity index (χ0n) is 19.7. The summed E-state index contributed by atoms with van der Waals surface area (Å²) in [6.45, 7) is 1.98. The molecule has 0 aromatic heterocycles. The molecule has 0 saturated carbocycles. The number of nitrogens with one attached hydrogen (secondary N) is 2. The average molecular weight is 480 g/mol. The summed E-state index contributed by atoms with van der Waals surface area (Å²) in [5.74, 6) is -1.75. The minimum atomic E-state index is -0.391. The van der Waals surface area contributed by atoms with E-state index in [1.807, 2.05) is 19.1 Å². The minimum absolute atomic E-state index is 0.211. The smallest absolute Gasteiger partial charge is 0.255 e. The Morgan fingerprint density at radius 3 is 2.08 bits per heavy atom. The first-order chi connectivity index (χ1) is 17.4. The van der Waals surface area contributed by atoms with E-state index < -0.39 is 5.91 Å². The number of fused-ring (bicyclic) bond motifs is 1. The number of rotatable bonds is 5. The Morgan fingerprint density at radius 1 is 0.750 bits per heavy atom. The summed E-state index contributed by atoms with van der Waals surface area (Å²) >= 11 is 0. The first kappa shape index (κ1) is 23.2. The van der Waals surface area contributed by atoms with E-state index in [-0.39, 0.29) is 29.6 Å². The van der Waals surface area contributed by atoms with E-state index in [1.54, 1.807) is 72.8 Å². The van der Waals surface area contributed by atoms with Crippen molar-refractivity contribution in [3.05, 3.63) is 102 Å². The van der Waals surface area contributed by atoms with Crippen molar-refractivity contribution in [3.8, 4) is 0 Å². The summed E-state index contributed by atoms with van der Waals surface area (Å²) in [4.78, 5) is 52.7. The molecule has 0 bridgehead atoms. The van der Waals surface area contributed by atoms with Crippen LogP contribution in [0.3, 0.4) is 0 Å². The molecule has 2 aliphatic rings. The summed E-state index contributed by atoms with van der Waals surface area (Å²) in [6.07, 6.45) is 3.17. The summed E-state index contributed by atoms with van der Waals surface area (Å²) in [6, 6.07) is 22.2. The van der Waals surface area contributed by atoms with Crippen LogP contribution in [0.1, 0.15) is 40.5 Å². The molecule has 5 rings (SSSR count). The highest BCUT2D eigenvalue weighted by atomic mass is 16.2. The number of carbonyl (C=O) groups is 4. The first-order valence-corrected chi connectivity index (χ1v) is 11.8. The second-order valence-corrected chi connectivity index (χ2v) is 9.12. The maximum absolute atomic E-state index is 13.0. The highest BCUT2D eigenvalue weighted by Crippen LogP contribution is 2.39. The predicted molar refractivity (Wildman–Crippen MR) is 138 cm³/mol. The fourth-order valence-corrected chi connectivity index (χ4v) is 4.75. The van der Waals surface area contributed by atoms with Gasteiger partial charge in [-0.1, -0.05) is 42.0 Å². The van der Waals surface area contributed by atoms with Crippen molar-refractivity contribution >= 4 is 40.7 Å². The second kappa shape index (κ2) is 9.62. The predicted octanol–water partition coefficient (Wildman–Crippen LogP) is 5.04. The maximum atomic E-state index is 13.0. The Hall–Kier alpha value is -4.52. The summed E-state index contributed by atoms with van der Waals surface area (Å²) in [7, 11) is 0. The van der Waals surface area contributed by atoms with E-state index in [2.05, 4.69) is 10.6 Å². The van der Waals surface area contributed by atoms with Gasteiger partial charge in [0.2, 0.25) is 11.8 Å². The van der Waals surface area contributed by atoms with Gasteiger partial charge in [-0.25, -0.2) is 0 Å². The Morgan fingerprint density at radius 2 is 1.36 bits per heavy atom. The number of benzene rings is 3. The quantitative estimate of drug-likeness (QED) is 0.396. The van der Waals surface area contributed by atoms with Crippen LogP contribution in [0, 0.1) is 11.8 Å².